The van der Waals surface area contributed by atoms with E-state index in [1.165, 1.54) is 25.0 Å². The van der Waals surface area contributed by atoms with Gasteiger partial charge in [-0.25, -0.2) is 0 Å². The van der Waals surface area contributed by atoms with Crippen LogP contribution in [0.25, 0.3) is 0 Å². The highest BCUT2D eigenvalue weighted by Gasteiger charge is 2.26. The average molecular weight is 343 g/mol. The summed E-state index contributed by atoms with van der Waals surface area (Å²) in [6.07, 6.45) is 3.85. The van der Waals surface area contributed by atoms with Gasteiger partial charge in [-0.2, -0.15) is 11.8 Å². The Balaban J connectivity index is 1.72. The van der Waals surface area contributed by atoms with Crippen molar-refractivity contribution in [2.45, 2.75) is 63.4 Å². The lowest BCUT2D eigenvalue weighted by Crippen LogP contribution is -2.53. The molecule has 1 saturated carbocycles. The molecular weight excluding hydrogens is 308 g/mol. The fraction of sp³-hybridized carbons (Fsp3) is 0.941. The van der Waals surface area contributed by atoms with Gasteiger partial charge in [0.1, 0.15) is 0 Å². The van der Waals surface area contributed by atoms with Gasteiger partial charge in [0.25, 0.3) is 0 Å². The Morgan fingerprint density at radius 3 is 2.96 bits per heavy atom. The number of morpholine rings is 1. The first-order valence-electron chi connectivity index (χ1n) is 9.06. The summed E-state index contributed by atoms with van der Waals surface area (Å²) in [4.78, 5) is 6.92. The summed E-state index contributed by atoms with van der Waals surface area (Å²) in [6.45, 7) is 10.4. The van der Waals surface area contributed by atoms with E-state index in [2.05, 4.69) is 53.1 Å². The summed E-state index contributed by atoms with van der Waals surface area (Å²) >= 11 is 2.10. The molecule has 2 aliphatic rings. The standard InChI is InChI=1S/C17H34N4OS/c1-5-23-16-7-6-15(10-16)20-17(18-4)19-11-13(2)21-8-9-22-12-14(21)3/h13-16H,5-12H2,1-4H3,(H2,18,19,20). The fourth-order valence-electron chi connectivity index (χ4n) is 3.60. The third-order valence-corrected chi connectivity index (χ3v) is 6.13. The molecule has 5 nitrogen and oxygen atoms in total. The number of rotatable bonds is 6. The van der Waals surface area contributed by atoms with Gasteiger partial charge < -0.3 is 15.4 Å². The van der Waals surface area contributed by atoms with E-state index in [1.807, 2.05) is 7.05 Å². The van der Waals surface area contributed by atoms with Crippen LogP contribution in [0.2, 0.25) is 0 Å². The van der Waals surface area contributed by atoms with Crippen molar-refractivity contribution in [3.8, 4) is 0 Å². The van der Waals surface area contributed by atoms with Crippen LogP contribution >= 0.6 is 11.8 Å². The maximum absolute atomic E-state index is 5.53. The summed E-state index contributed by atoms with van der Waals surface area (Å²) in [5.41, 5.74) is 0. The van der Waals surface area contributed by atoms with Crippen LogP contribution < -0.4 is 10.6 Å². The molecule has 1 heterocycles. The highest BCUT2D eigenvalue weighted by atomic mass is 32.2. The number of aliphatic imine (C=N–C) groups is 1. The van der Waals surface area contributed by atoms with E-state index < -0.39 is 0 Å². The molecule has 0 spiro atoms. The van der Waals surface area contributed by atoms with Crippen molar-refractivity contribution in [3.05, 3.63) is 0 Å². The molecule has 134 valence electrons. The molecule has 23 heavy (non-hydrogen) atoms. The van der Waals surface area contributed by atoms with Gasteiger partial charge in [0.2, 0.25) is 0 Å². The van der Waals surface area contributed by atoms with Crippen LogP contribution in [0, 0.1) is 0 Å². The van der Waals surface area contributed by atoms with Crippen molar-refractivity contribution in [1.82, 2.24) is 15.5 Å². The minimum Gasteiger partial charge on any atom is -0.379 e. The Morgan fingerprint density at radius 2 is 2.26 bits per heavy atom. The van der Waals surface area contributed by atoms with Gasteiger partial charge >= 0.3 is 0 Å². The summed E-state index contributed by atoms with van der Waals surface area (Å²) in [5.74, 6) is 2.17. The molecule has 1 aliphatic carbocycles. The molecule has 2 N–H and O–H groups in total. The highest BCUT2D eigenvalue weighted by Crippen LogP contribution is 2.29. The van der Waals surface area contributed by atoms with Gasteiger partial charge in [-0.3, -0.25) is 9.89 Å². The van der Waals surface area contributed by atoms with Gasteiger partial charge in [-0.1, -0.05) is 6.92 Å². The first kappa shape index (κ1) is 18.9. The number of hydrogen-bond acceptors (Lipinski definition) is 4. The Morgan fingerprint density at radius 1 is 1.43 bits per heavy atom. The molecule has 2 rings (SSSR count). The van der Waals surface area contributed by atoms with E-state index in [1.54, 1.807) is 0 Å². The maximum Gasteiger partial charge on any atom is 0.191 e. The second kappa shape index (κ2) is 9.74. The van der Waals surface area contributed by atoms with Gasteiger partial charge in [0, 0.05) is 43.5 Å². The number of hydrogen-bond donors (Lipinski definition) is 2. The molecular formula is C17H34N4OS. The predicted molar refractivity (Wildman–Crippen MR) is 101 cm³/mol. The Labute approximate surface area is 146 Å². The Bertz CT molecular complexity index is 380. The molecule has 6 heteroatoms. The van der Waals surface area contributed by atoms with Crippen LogP contribution in [0.15, 0.2) is 4.99 Å². The highest BCUT2D eigenvalue weighted by molar-refractivity contribution is 7.99. The monoisotopic (exact) mass is 342 g/mol. The molecule has 0 bridgehead atoms. The van der Waals surface area contributed by atoms with E-state index in [4.69, 9.17) is 4.74 Å². The molecule has 0 aromatic rings. The van der Waals surface area contributed by atoms with E-state index in [0.717, 1.165) is 37.5 Å². The zero-order chi connectivity index (χ0) is 16.7. The maximum atomic E-state index is 5.53. The normalized spacial score (nSPS) is 31.1. The molecule has 0 amide bonds. The molecule has 0 aromatic heterocycles. The first-order valence-corrected chi connectivity index (χ1v) is 10.1. The lowest BCUT2D eigenvalue weighted by Gasteiger charge is -2.38. The van der Waals surface area contributed by atoms with Crippen molar-refractivity contribution in [3.63, 3.8) is 0 Å². The van der Waals surface area contributed by atoms with Gasteiger partial charge in [-0.15, -0.1) is 0 Å². The second-order valence-electron chi connectivity index (χ2n) is 6.70. The number of guanidine groups is 1. The summed E-state index contributed by atoms with van der Waals surface area (Å²) in [5, 5.41) is 7.94. The molecule has 4 atom stereocenters. The topological polar surface area (TPSA) is 48.9 Å². The van der Waals surface area contributed by atoms with Gasteiger partial charge in [0.05, 0.1) is 13.2 Å². The quantitative estimate of drug-likeness (QED) is 0.571. The zero-order valence-electron chi connectivity index (χ0n) is 15.2. The van der Waals surface area contributed by atoms with Crippen molar-refractivity contribution in [2.75, 3.05) is 39.1 Å². The summed E-state index contributed by atoms with van der Waals surface area (Å²) in [7, 11) is 1.87. The number of nitrogens with one attached hydrogen (secondary N) is 2. The minimum atomic E-state index is 0.486. The molecule has 4 unspecified atom stereocenters. The minimum absolute atomic E-state index is 0.486. The largest absolute Gasteiger partial charge is 0.379 e. The summed E-state index contributed by atoms with van der Waals surface area (Å²) < 4.78 is 5.53. The van der Waals surface area contributed by atoms with Crippen LogP contribution in [0.4, 0.5) is 0 Å². The lowest BCUT2D eigenvalue weighted by molar-refractivity contribution is -0.0174. The van der Waals surface area contributed by atoms with Crippen LogP contribution in [0.3, 0.4) is 0 Å². The second-order valence-corrected chi connectivity index (χ2v) is 8.27. The molecule has 2 fully saturated rings. The van der Waals surface area contributed by atoms with Gasteiger partial charge in [0.15, 0.2) is 5.96 Å². The molecule has 0 aromatic carbocycles. The van der Waals surface area contributed by atoms with E-state index in [0.29, 0.717) is 18.1 Å². The third kappa shape index (κ3) is 5.84. The lowest BCUT2D eigenvalue weighted by atomic mass is 10.2. The number of ether oxygens (including phenoxy) is 1. The van der Waals surface area contributed by atoms with Gasteiger partial charge in [-0.05, 0) is 38.9 Å². The predicted octanol–water partition coefficient (Wildman–Crippen LogP) is 1.93. The van der Waals surface area contributed by atoms with Crippen LogP contribution in [0.1, 0.15) is 40.0 Å². The van der Waals surface area contributed by atoms with Crippen molar-refractivity contribution in [1.29, 1.82) is 0 Å². The average Bonchev–Trinajstić information content (AvgIpc) is 2.99. The van der Waals surface area contributed by atoms with E-state index in [-0.39, 0.29) is 0 Å². The smallest absolute Gasteiger partial charge is 0.191 e. The Kier molecular flexibility index (Phi) is 7.99. The fourth-order valence-corrected chi connectivity index (χ4v) is 4.75. The van der Waals surface area contributed by atoms with Crippen LogP contribution in [-0.4, -0.2) is 73.3 Å². The van der Waals surface area contributed by atoms with E-state index >= 15 is 0 Å². The first-order chi connectivity index (χ1) is 11.1. The number of thioether (sulfide) groups is 1. The SMILES string of the molecule is CCSC1CCC(NC(=NC)NCC(C)N2CCOCC2C)C1. The zero-order valence-corrected chi connectivity index (χ0v) is 16.0. The third-order valence-electron chi connectivity index (χ3n) is 4.90. The summed E-state index contributed by atoms with van der Waals surface area (Å²) in [6, 6.07) is 1.56. The van der Waals surface area contributed by atoms with Crippen LogP contribution in [0.5, 0.6) is 0 Å². The number of nitrogens with zero attached hydrogens (tertiary/aromatic N) is 2. The Hall–Kier alpha value is -0.460. The molecule has 1 aliphatic heterocycles. The van der Waals surface area contributed by atoms with Crippen molar-refractivity contribution in [2.24, 2.45) is 4.99 Å². The molecule has 0 radical (unpaired) electrons. The van der Waals surface area contributed by atoms with Crippen molar-refractivity contribution < 1.29 is 4.74 Å². The molecule has 1 saturated heterocycles. The van der Waals surface area contributed by atoms with Crippen LogP contribution in [-0.2, 0) is 4.74 Å². The van der Waals surface area contributed by atoms with Crippen molar-refractivity contribution >= 4 is 17.7 Å². The van der Waals surface area contributed by atoms with E-state index in [9.17, 15) is 0 Å².